The Morgan fingerprint density at radius 2 is 1.81 bits per heavy atom. The molecule has 0 aromatic carbocycles. The molecule has 0 aliphatic rings. The molecule has 0 spiro atoms. The zero-order valence-electron chi connectivity index (χ0n) is 10.5. The van der Waals surface area contributed by atoms with Crippen LogP contribution in [0.1, 0.15) is 65.2 Å². The smallest absolute Gasteiger partial charge is 0.321 e. The molecule has 0 fully saturated rings. The highest BCUT2D eigenvalue weighted by molar-refractivity contribution is 6.29. The van der Waals surface area contributed by atoms with Crippen molar-refractivity contribution in [2.75, 3.05) is 0 Å². The van der Waals surface area contributed by atoms with Crippen LogP contribution >= 0.6 is 11.6 Å². The first kappa shape index (κ1) is 15.8. The van der Waals surface area contributed by atoms with Gasteiger partial charge in [0.1, 0.15) is 5.38 Å². The lowest BCUT2D eigenvalue weighted by Gasteiger charge is -2.15. The molecule has 1 N–H and O–H groups in total. The third-order valence-corrected chi connectivity index (χ3v) is 3.54. The summed E-state index contributed by atoms with van der Waals surface area (Å²) in [6.45, 7) is 4.39. The van der Waals surface area contributed by atoms with Gasteiger partial charge in [0.25, 0.3) is 0 Å². The van der Waals surface area contributed by atoms with Gasteiger partial charge in [0, 0.05) is 0 Å². The first-order valence-electron chi connectivity index (χ1n) is 6.48. The summed E-state index contributed by atoms with van der Waals surface area (Å²) < 4.78 is 0. The minimum atomic E-state index is -0.887. The minimum Gasteiger partial charge on any atom is -0.480 e. The number of carbonyl (C=O) groups is 1. The molecule has 96 valence electrons. The fourth-order valence-electron chi connectivity index (χ4n) is 1.92. The Balaban J connectivity index is 3.62. The Hall–Kier alpha value is -0.240. The Labute approximate surface area is 104 Å². The van der Waals surface area contributed by atoms with Gasteiger partial charge in [0.05, 0.1) is 0 Å². The summed E-state index contributed by atoms with van der Waals surface area (Å²) in [7, 11) is 0. The summed E-state index contributed by atoms with van der Waals surface area (Å²) in [4.78, 5) is 10.6. The van der Waals surface area contributed by atoms with Crippen LogP contribution < -0.4 is 0 Å². The molecular weight excluding hydrogens is 224 g/mol. The summed E-state index contributed by atoms with van der Waals surface area (Å²) in [5.41, 5.74) is 0. The molecule has 3 heteroatoms. The predicted octanol–water partition coefficient (Wildman–Crippen LogP) is 4.46. The van der Waals surface area contributed by atoms with E-state index >= 15 is 0 Å². The lowest BCUT2D eigenvalue weighted by molar-refractivity contribution is -0.136. The second kappa shape index (κ2) is 9.95. The molecular formula is C13H25ClO2. The molecule has 0 radical (unpaired) electrons. The zero-order chi connectivity index (χ0) is 12.4. The minimum absolute atomic E-state index is 0.600. The molecule has 0 aliphatic carbocycles. The van der Waals surface area contributed by atoms with Crippen LogP contribution in [-0.2, 0) is 4.79 Å². The average Bonchev–Trinajstić information content (AvgIpc) is 2.27. The maximum atomic E-state index is 10.6. The molecule has 0 aromatic heterocycles. The third kappa shape index (κ3) is 7.98. The van der Waals surface area contributed by atoms with Crippen molar-refractivity contribution >= 4 is 17.6 Å². The number of halogens is 1. The van der Waals surface area contributed by atoms with E-state index in [1.807, 2.05) is 0 Å². The van der Waals surface area contributed by atoms with Crippen molar-refractivity contribution in [2.24, 2.45) is 5.92 Å². The van der Waals surface area contributed by atoms with Gasteiger partial charge >= 0.3 is 5.97 Å². The van der Waals surface area contributed by atoms with E-state index < -0.39 is 11.3 Å². The maximum Gasteiger partial charge on any atom is 0.321 e. The third-order valence-electron chi connectivity index (χ3n) is 3.14. The molecule has 0 bridgehead atoms. The summed E-state index contributed by atoms with van der Waals surface area (Å²) in [6.07, 6.45) is 9.05. The van der Waals surface area contributed by atoms with E-state index in [9.17, 15) is 4.79 Å². The molecule has 16 heavy (non-hydrogen) atoms. The number of unbranched alkanes of at least 4 members (excludes halogenated alkanes) is 3. The number of aliphatic carboxylic acids is 1. The van der Waals surface area contributed by atoms with Crippen LogP contribution in [0.15, 0.2) is 0 Å². The molecule has 0 saturated carbocycles. The zero-order valence-corrected chi connectivity index (χ0v) is 11.3. The van der Waals surface area contributed by atoms with Gasteiger partial charge in [-0.25, -0.2) is 0 Å². The Morgan fingerprint density at radius 1 is 1.12 bits per heavy atom. The lowest BCUT2D eigenvalue weighted by atomic mass is 9.93. The van der Waals surface area contributed by atoms with Gasteiger partial charge in [-0.2, -0.15) is 0 Å². The number of rotatable bonds is 10. The number of carboxylic acids is 1. The van der Waals surface area contributed by atoms with Crippen molar-refractivity contribution in [1.82, 2.24) is 0 Å². The van der Waals surface area contributed by atoms with E-state index in [0.29, 0.717) is 12.3 Å². The highest BCUT2D eigenvalue weighted by Crippen LogP contribution is 2.21. The van der Waals surface area contributed by atoms with Crippen LogP contribution in [0.4, 0.5) is 0 Å². The van der Waals surface area contributed by atoms with Gasteiger partial charge in [0.2, 0.25) is 0 Å². The maximum absolute atomic E-state index is 10.6. The van der Waals surface area contributed by atoms with Crippen LogP contribution in [0.5, 0.6) is 0 Å². The fraction of sp³-hybridized carbons (Fsp3) is 0.923. The van der Waals surface area contributed by atoms with E-state index in [1.165, 1.54) is 32.1 Å². The van der Waals surface area contributed by atoms with E-state index in [1.54, 1.807) is 0 Å². The van der Waals surface area contributed by atoms with Crippen molar-refractivity contribution < 1.29 is 9.90 Å². The molecule has 2 unspecified atom stereocenters. The lowest BCUT2D eigenvalue weighted by Crippen LogP contribution is -2.14. The number of carboxylic acid groups (broad SMARTS) is 1. The van der Waals surface area contributed by atoms with E-state index in [2.05, 4.69) is 13.8 Å². The largest absolute Gasteiger partial charge is 0.480 e. The Kier molecular flexibility index (Phi) is 9.80. The van der Waals surface area contributed by atoms with Crippen LogP contribution in [0.2, 0.25) is 0 Å². The number of hydrogen-bond donors (Lipinski definition) is 1. The van der Waals surface area contributed by atoms with Crippen molar-refractivity contribution in [2.45, 2.75) is 70.6 Å². The van der Waals surface area contributed by atoms with Crippen LogP contribution in [0, 0.1) is 5.92 Å². The van der Waals surface area contributed by atoms with Gasteiger partial charge in [-0.15, -0.1) is 11.6 Å². The van der Waals surface area contributed by atoms with E-state index in [0.717, 1.165) is 12.8 Å². The molecule has 0 aromatic rings. The number of hydrogen-bond acceptors (Lipinski definition) is 1. The van der Waals surface area contributed by atoms with Crippen molar-refractivity contribution in [3.05, 3.63) is 0 Å². The summed E-state index contributed by atoms with van der Waals surface area (Å²) >= 11 is 5.70. The highest BCUT2D eigenvalue weighted by atomic mass is 35.5. The summed E-state index contributed by atoms with van der Waals surface area (Å²) in [5.74, 6) is -0.236. The summed E-state index contributed by atoms with van der Waals surface area (Å²) in [6, 6.07) is 0. The molecule has 2 nitrogen and oxygen atoms in total. The molecule has 2 atom stereocenters. The highest BCUT2D eigenvalue weighted by Gasteiger charge is 2.15. The van der Waals surface area contributed by atoms with Crippen molar-refractivity contribution in [3.63, 3.8) is 0 Å². The molecule has 0 amide bonds. The monoisotopic (exact) mass is 248 g/mol. The Morgan fingerprint density at radius 3 is 2.31 bits per heavy atom. The molecule has 0 aliphatic heterocycles. The summed E-state index contributed by atoms with van der Waals surface area (Å²) in [5, 5.41) is 7.98. The van der Waals surface area contributed by atoms with Gasteiger partial charge in [-0.05, 0) is 18.8 Å². The standard InChI is InChI=1S/C13H25ClO2/c1-3-5-6-7-8-11(4-2)9-10-12(14)13(15)16/h11-12H,3-10H2,1-2H3,(H,15,16). The topological polar surface area (TPSA) is 37.3 Å². The normalized spacial score (nSPS) is 14.7. The van der Waals surface area contributed by atoms with E-state index in [-0.39, 0.29) is 0 Å². The first-order valence-corrected chi connectivity index (χ1v) is 6.92. The van der Waals surface area contributed by atoms with Gasteiger partial charge in [-0.3, -0.25) is 4.79 Å². The SMILES string of the molecule is CCCCCCC(CC)CCC(Cl)C(=O)O. The first-order chi connectivity index (χ1) is 7.61. The van der Waals surface area contributed by atoms with Crippen LogP contribution in [0.3, 0.4) is 0 Å². The molecule has 0 heterocycles. The molecule has 0 saturated heterocycles. The average molecular weight is 249 g/mol. The van der Waals surface area contributed by atoms with Crippen LogP contribution in [0.25, 0.3) is 0 Å². The van der Waals surface area contributed by atoms with E-state index in [4.69, 9.17) is 16.7 Å². The Bertz CT molecular complexity index is 183. The van der Waals surface area contributed by atoms with Crippen LogP contribution in [-0.4, -0.2) is 16.5 Å². The van der Waals surface area contributed by atoms with Gasteiger partial charge < -0.3 is 5.11 Å². The number of alkyl halides is 1. The fourth-order valence-corrected chi connectivity index (χ4v) is 2.04. The second-order valence-electron chi connectivity index (χ2n) is 4.51. The second-order valence-corrected chi connectivity index (χ2v) is 5.03. The van der Waals surface area contributed by atoms with Gasteiger partial charge in [-0.1, -0.05) is 52.4 Å². The van der Waals surface area contributed by atoms with Crippen molar-refractivity contribution in [1.29, 1.82) is 0 Å². The quantitative estimate of drug-likeness (QED) is 0.458. The molecule has 0 rings (SSSR count). The van der Waals surface area contributed by atoms with Crippen molar-refractivity contribution in [3.8, 4) is 0 Å². The predicted molar refractivity (Wildman–Crippen MR) is 69.1 cm³/mol. The van der Waals surface area contributed by atoms with Gasteiger partial charge in [0.15, 0.2) is 0 Å².